The van der Waals surface area contributed by atoms with Gasteiger partial charge in [-0.3, -0.25) is 0 Å². The third kappa shape index (κ3) is 3.82. The average Bonchev–Trinajstić information content (AvgIpc) is 3.23. The molecule has 150 valence electrons. The molecule has 1 N–H and O–H groups in total. The van der Waals surface area contributed by atoms with Crippen molar-refractivity contribution in [2.24, 2.45) is 5.92 Å². The van der Waals surface area contributed by atoms with Gasteiger partial charge in [-0.25, -0.2) is 0 Å². The lowest BCUT2D eigenvalue weighted by atomic mass is 9.80. The predicted molar refractivity (Wildman–Crippen MR) is 116 cm³/mol. The molecule has 1 fully saturated rings. The summed E-state index contributed by atoms with van der Waals surface area (Å²) in [7, 11) is 0. The molecule has 0 bridgehead atoms. The Morgan fingerprint density at radius 3 is 2.52 bits per heavy atom. The molecule has 1 aliphatic carbocycles. The maximum absolute atomic E-state index is 9.89. The molecule has 3 heteroatoms. The van der Waals surface area contributed by atoms with E-state index in [9.17, 15) is 5.11 Å². The maximum Gasteiger partial charge on any atom is 0.127 e. The van der Waals surface area contributed by atoms with Gasteiger partial charge in [0.1, 0.15) is 30.0 Å². The van der Waals surface area contributed by atoms with Crippen LogP contribution in [0.1, 0.15) is 55.4 Å². The zero-order valence-electron chi connectivity index (χ0n) is 15.8. The molecule has 1 saturated carbocycles. The van der Waals surface area contributed by atoms with E-state index in [1.807, 2.05) is 42.5 Å². The smallest absolute Gasteiger partial charge is 0.127 e. The van der Waals surface area contributed by atoms with E-state index in [-0.39, 0.29) is 13.5 Å². The number of ether oxygens (including phenoxy) is 2. The number of benzene rings is 3. The number of aromatic hydroxyl groups is 1. The highest BCUT2D eigenvalue weighted by molar-refractivity contribution is 5.45. The van der Waals surface area contributed by atoms with Gasteiger partial charge in [0, 0.05) is 11.5 Å². The summed E-state index contributed by atoms with van der Waals surface area (Å²) in [4.78, 5) is 0. The lowest BCUT2D eigenvalue weighted by molar-refractivity contribution is 0.104. The second-order valence-corrected chi connectivity index (χ2v) is 7.81. The standard InChI is InChI=1S/C25H24O3.CH4/c26-19-11-14-24-23(15-19)21-7-4-8-22(21)25(28-24)18-9-12-20(13-10-18)27-16-17-5-2-1-3-6-17;/h1-3,5-6,9-15,21-22,25-26H,4,7-8,16H2;1H4/t21-,22+,25+;/m0./s1. The molecule has 29 heavy (non-hydrogen) atoms. The molecular weight excluding hydrogens is 360 g/mol. The van der Waals surface area contributed by atoms with Crippen LogP contribution in [-0.4, -0.2) is 5.11 Å². The Balaban J connectivity index is 0.00000205. The van der Waals surface area contributed by atoms with Crippen LogP contribution in [-0.2, 0) is 6.61 Å². The van der Waals surface area contributed by atoms with Crippen molar-refractivity contribution >= 4 is 0 Å². The Hall–Kier alpha value is -2.94. The Bertz CT molecular complexity index is 949. The zero-order valence-corrected chi connectivity index (χ0v) is 15.8. The Kier molecular flexibility index (Phi) is 5.48. The maximum atomic E-state index is 9.89. The van der Waals surface area contributed by atoms with Gasteiger partial charge in [0.15, 0.2) is 0 Å². The summed E-state index contributed by atoms with van der Waals surface area (Å²) in [5.41, 5.74) is 3.53. The Labute approximate surface area is 172 Å². The molecule has 2 aliphatic rings. The average molecular weight is 389 g/mol. The van der Waals surface area contributed by atoms with Gasteiger partial charge in [-0.2, -0.15) is 0 Å². The van der Waals surface area contributed by atoms with Gasteiger partial charge in [-0.1, -0.05) is 56.3 Å². The minimum atomic E-state index is 0. The molecule has 0 aromatic heterocycles. The lowest BCUT2D eigenvalue weighted by Crippen LogP contribution is -2.26. The molecule has 3 aromatic rings. The first-order valence-electron chi connectivity index (χ1n) is 10.0. The van der Waals surface area contributed by atoms with E-state index in [0.29, 0.717) is 24.2 Å². The number of hydrogen-bond acceptors (Lipinski definition) is 3. The van der Waals surface area contributed by atoms with Crippen LogP contribution in [0, 0.1) is 5.92 Å². The highest BCUT2D eigenvalue weighted by Crippen LogP contribution is 2.54. The minimum Gasteiger partial charge on any atom is -0.508 e. The van der Waals surface area contributed by atoms with Crippen molar-refractivity contribution in [1.82, 2.24) is 0 Å². The third-order valence-corrected chi connectivity index (χ3v) is 6.06. The van der Waals surface area contributed by atoms with Gasteiger partial charge in [0.25, 0.3) is 0 Å². The van der Waals surface area contributed by atoms with Crippen molar-refractivity contribution in [3.8, 4) is 17.2 Å². The lowest BCUT2D eigenvalue weighted by Gasteiger charge is -2.36. The van der Waals surface area contributed by atoms with Gasteiger partial charge >= 0.3 is 0 Å². The molecule has 1 heterocycles. The Morgan fingerprint density at radius 2 is 1.72 bits per heavy atom. The van der Waals surface area contributed by atoms with Gasteiger partial charge in [0.2, 0.25) is 0 Å². The van der Waals surface area contributed by atoms with Crippen molar-refractivity contribution < 1.29 is 14.6 Å². The zero-order chi connectivity index (χ0) is 18.9. The molecule has 0 unspecified atom stereocenters. The van der Waals surface area contributed by atoms with Crippen molar-refractivity contribution in [2.75, 3.05) is 0 Å². The first-order valence-corrected chi connectivity index (χ1v) is 10.0. The number of hydrogen-bond donors (Lipinski definition) is 1. The molecular formula is C26H28O3. The van der Waals surface area contributed by atoms with Crippen LogP contribution in [0.4, 0.5) is 0 Å². The van der Waals surface area contributed by atoms with Gasteiger partial charge in [-0.05, 0) is 60.2 Å². The molecule has 3 nitrogen and oxygen atoms in total. The molecule has 3 atom stereocenters. The van der Waals surface area contributed by atoms with Crippen LogP contribution < -0.4 is 9.47 Å². The molecule has 0 saturated heterocycles. The molecule has 0 radical (unpaired) electrons. The highest BCUT2D eigenvalue weighted by atomic mass is 16.5. The second kappa shape index (κ2) is 8.20. The van der Waals surface area contributed by atoms with E-state index >= 15 is 0 Å². The van der Waals surface area contributed by atoms with Crippen LogP contribution in [0.2, 0.25) is 0 Å². The van der Waals surface area contributed by atoms with Crippen LogP contribution in [0.25, 0.3) is 0 Å². The van der Waals surface area contributed by atoms with Crippen molar-refractivity contribution in [1.29, 1.82) is 0 Å². The fourth-order valence-electron chi connectivity index (χ4n) is 4.70. The number of fused-ring (bicyclic) bond motifs is 3. The van der Waals surface area contributed by atoms with Gasteiger partial charge < -0.3 is 14.6 Å². The SMILES string of the molecule is C.Oc1ccc2c(c1)[C@H]1CCC[C@H]1[C@@H](c1ccc(OCc3ccccc3)cc1)O2. The largest absolute Gasteiger partial charge is 0.508 e. The highest BCUT2D eigenvalue weighted by Gasteiger charge is 2.41. The third-order valence-electron chi connectivity index (χ3n) is 6.06. The second-order valence-electron chi connectivity index (χ2n) is 7.81. The number of phenolic OH excluding ortho intramolecular Hbond substituents is 1. The van der Waals surface area contributed by atoms with E-state index in [0.717, 1.165) is 23.5 Å². The fraction of sp³-hybridized carbons (Fsp3) is 0.308. The summed E-state index contributed by atoms with van der Waals surface area (Å²) in [6.45, 7) is 0.571. The van der Waals surface area contributed by atoms with E-state index < -0.39 is 0 Å². The summed E-state index contributed by atoms with van der Waals surface area (Å²) in [6.07, 6.45) is 3.60. The topological polar surface area (TPSA) is 38.7 Å². The normalized spacial score (nSPS) is 22.0. The van der Waals surface area contributed by atoms with Crippen LogP contribution in [0.15, 0.2) is 72.8 Å². The summed E-state index contributed by atoms with van der Waals surface area (Å²) in [6, 6.07) is 24.0. The number of rotatable bonds is 4. The summed E-state index contributed by atoms with van der Waals surface area (Å²) in [5.74, 6) is 3.04. The fourth-order valence-corrected chi connectivity index (χ4v) is 4.70. The molecule has 1 aliphatic heterocycles. The molecule has 5 rings (SSSR count). The van der Waals surface area contributed by atoms with Crippen molar-refractivity contribution in [3.05, 3.63) is 89.5 Å². The van der Waals surface area contributed by atoms with E-state index in [4.69, 9.17) is 9.47 Å². The first kappa shape index (κ1) is 19.4. The summed E-state index contributed by atoms with van der Waals surface area (Å²) >= 11 is 0. The Morgan fingerprint density at radius 1 is 0.931 bits per heavy atom. The molecule has 0 spiro atoms. The van der Waals surface area contributed by atoms with E-state index in [2.05, 4.69) is 24.3 Å². The first-order chi connectivity index (χ1) is 13.8. The monoisotopic (exact) mass is 388 g/mol. The predicted octanol–water partition coefficient (Wildman–Crippen LogP) is 6.62. The van der Waals surface area contributed by atoms with Crippen molar-refractivity contribution in [2.45, 2.75) is 45.3 Å². The molecule has 3 aromatic carbocycles. The molecule has 0 amide bonds. The summed E-state index contributed by atoms with van der Waals surface area (Å²) in [5, 5.41) is 9.89. The minimum absolute atomic E-state index is 0. The number of phenols is 1. The van der Waals surface area contributed by atoms with Crippen LogP contribution in [0.5, 0.6) is 17.2 Å². The quantitative estimate of drug-likeness (QED) is 0.545. The van der Waals surface area contributed by atoms with E-state index in [1.54, 1.807) is 6.07 Å². The van der Waals surface area contributed by atoms with Gasteiger partial charge in [0.05, 0.1) is 0 Å². The summed E-state index contributed by atoms with van der Waals surface area (Å²) < 4.78 is 12.3. The van der Waals surface area contributed by atoms with Crippen LogP contribution in [0.3, 0.4) is 0 Å². The van der Waals surface area contributed by atoms with E-state index in [1.165, 1.54) is 24.0 Å². The van der Waals surface area contributed by atoms with Crippen molar-refractivity contribution in [3.63, 3.8) is 0 Å². The van der Waals surface area contributed by atoms with Crippen LogP contribution >= 0.6 is 0 Å². The van der Waals surface area contributed by atoms with Gasteiger partial charge in [-0.15, -0.1) is 0 Å².